The molecule has 122 valence electrons. The lowest BCUT2D eigenvalue weighted by Crippen LogP contribution is -2.40. The summed E-state index contributed by atoms with van der Waals surface area (Å²) in [5.74, 6) is -1.50. The average molecular weight is 310 g/mol. The molecular formula is C16H23FN2O3. The first-order valence-corrected chi connectivity index (χ1v) is 7.73. The van der Waals surface area contributed by atoms with Crippen LogP contribution in [0, 0.1) is 5.82 Å². The Hall–Kier alpha value is -1.66. The minimum atomic E-state index is -0.697. The van der Waals surface area contributed by atoms with Gasteiger partial charge in [0.1, 0.15) is 11.6 Å². The number of aromatic hydroxyl groups is 1. The molecule has 0 saturated carbocycles. The standard InChI is InChI=1S/C16H23FN2O3/c17-15-6-5-12(20)9-14(15)16(22)18-10-13(21)11-19-7-3-1-2-4-8-19/h5-6,9,13,20-21H,1-4,7-8,10-11H2,(H,18,22). The molecule has 1 aromatic rings. The summed E-state index contributed by atoms with van der Waals surface area (Å²) in [7, 11) is 0. The van der Waals surface area contributed by atoms with Crippen molar-refractivity contribution in [1.29, 1.82) is 0 Å². The number of phenolic OH excluding ortho intramolecular Hbond substituents is 1. The number of hydrogen-bond acceptors (Lipinski definition) is 4. The zero-order valence-electron chi connectivity index (χ0n) is 12.6. The summed E-state index contributed by atoms with van der Waals surface area (Å²) in [6.45, 7) is 2.49. The van der Waals surface area contributed by atoms with E-state index in [4.69, 9.17) is 0 Å². The van der Waals surface area contributed by atoms with E-state index in [0.29, 0.717) is 6.54 Å². The number of carbonyl (C=O) groups is 1. The highest BCUT2D eigenvalue weighted by Crippen LogP contribution is 2.15. The van der Waals surface area contributed by atoms with Crippen LogP contribution in [0.1, 0.15) is 36.0 Å². The molecule has 1 saturated heterocycles. The van der Waals surface area contributed by atoms with Crippen molar-refractivity contribution < 1.29 is 19.4 Å². The van der Waals surface area contributed by atoms with Gasteiger partial charge in [-0.3, -0.25) is 4.79 Å². The van der Waals surface area contributed by atoms with E-state index in [9.17, 15) is 19.4 Å². The molecule has 1 fully saturated rings. The van der Waals surface area contributed by atoms with Gasteiger partial charge >= 0.3 is 0 Å². The zero-order chi connectivity index (χ0) is 15.9. The van der Waals surface area contributed by atoms with Crippen LogP contribution in [0.3, 0.4) is 0 Å². The first-order chi connectivity index (χ1) is 10.6. The van der Waals surface area contributed by atoms with Crippen molar-refractivity contribution in [3.05, 3.63) is 29.6 Å². The fourth-order valence-electron chi connectivity index (χ4n) is 2.67. The highest BCUT2D eigenvalue weighted by Gasteiger charge is 2.16. The Labute approximate surface area is 129 Å². The Morgan fingerprint density at radius 3 is 2.64 bits per heavy atom. The van der Waals surface area contributed by atoms with Gasteiger partial charge in [0.2, 0.25) is 0 Å². The van der Waals surface area contributed by atoms with Gasteiger partial charge in [-0.25, -0.2) is 4.39 Å². The lowest BCUT2D eigenvalue weighted by molar-refractivity contribution is 0.0859. The molecule has 1 atom stereocenters. The van der Waals surface area contributed by atoms with Crippen molar-refractivity contribution in [3.63, 3.8) is 0 Å². The molecule has 0 aromatic heterocycles. The smallest absolute Gasteiger partial charge is 0.254 e. The fraction of sp³-hybridized carbons (Fsp3) is 0.562. The third kappa shape index (κ3) is 4.96. The quantitative estimate of drug-likeness (QED) is 0.770. The van der Waals surface area contributed by atoms with E-state index in [0.717, 1.165) is 38.1 Å². The molecule has 0 aliphatic carbocycles. The Morgan fingerprint density at radius 2 is 1.95 bits per heavy atom. The Balaban J connectivity index is 1.81. The molecule has 6 heteroatoms. The van der Waals surface area contributed by atoms with Crippen LogP contribution in [-0.2, 0) is 0 Å². The first-order valence-electron chi connectivity index (χ1n) is 7.73. The number of β-amino-alcohol motifs (C(OH)–C–C–N with tert-alkyl or cyclic N) is 1. The molecular weight excluding hydrogens is 287 g/mol. The second kappa shape index (κ2) is 8.10. The average Bonchev–Trinajstić information content (AvgIpc) is 2.76. The molecule has 1 amide bonds. The number of amides is 1. The van der Waals surface area contributed by atoms with Gasteiger partial charge in [-0.05, 0) is 44.1 Å². The maximum Gasteiger partial charge on any atom is 0.254 e. The summed E-state index contributed by atoms with van der Waals surface area (Å²) in [5.41, 5.74) is -0.220. The lowest BCUT2D eigenvalue weighted by Gasteiger charge is -2.23. The number of rotatable bonds is 5. The number of phenols is 1. The molecule has 0 spiro atoms. The fourth-order valence-corrected chi connectivity index (χ4v) is 2.67. The summed E-state index contributed by atoms with van der Waals surface area (Å²) in [6, 6.07) is 3.30. The van der Waals surface area contributed by atoms with Crippen LogP contribution in [0.2, 0.25) is 0 Å². The van der Waals surface area contributed by atoms with Gasteiger partial charge in [-0.1, -0.05) is 12.8 Å². The molecule has 0 radical (unpaired) electrons. The number of aliphatic hydroxyl groups excluding tert-OH is 1. The largest absolute Gasteiger partial charge is 0.508 e. The highest BCUT2D eigenvalue weighted by molar-refractivity contribution is 5.94. The van der Waals surface area contributed by atoms with Crippen LogP contribution < -0.4 is 5.32 Å². The maximum atomic E-state index is 13.5. The van der Waals surface area contributed by atoms with Gasteiger partial charge in [-0.15, -0.1) is 0 Å². The SMILES string of the molecule is O=C(NCC(O)CN1CCCCCC1)c1cc(O)ccc1F. The third-order valence-electron chi connectivity index (χ3n) is 3.86. The van der Waals surface area contributed by atoms with Crippen LogP contribution in [0.15, 0.2) is 18.2 Å². The molecule has 1 aliphatic rings. The molecule has 3 N–H and O–H groups in total. The third-order valence-corrected chi connectivity index (χ3v) is 3.86. The predicted octanol–water partition coefficient (Wildman–Crippen LogP) is 1.50. The van der Waals surface area contributed by atoms with Crippen LogP contribution >= 0.6 is 0 Å². The second-order valence-electron chi connectivity index (χ2n) is 5.74. The van der Waals surface area contributed by atoms with Gasteiger partial charge in [0.25, 0.3) is 5.91 Å². The first kappa shape index (κ1) is 16.7. The minimum Gasteiger partial charge on any atom is -0.508 e. The van der Waals surface area contributed by atoms with Crippen molar-refractivity contribution in [2.24, 2.45) is 0 Å². The summed E-state index contributed by atoms with van der Waals surface area (Å²) in [5, 5.41) is 21.8. The predicted molar refractivity (Wildman–Crippen MR) is 81.3 cm³/mol. The molecule has 1 aliphatic heterocycles. The minimum absolute atomic E-state index is 0.0599. The van der Waals surface area contributed by atoms with Crippen LogP contribution in [0.4, 0.5) is 4.39 Å². The Morgan fingerprint density at radius 1 is 1.27 bits per heavy atom. The number of nitrogens with one attached hydrogen (secondary N) is 1. The van der Waals surface area contributed by atoms with E-state index in [1.807, 2.05) is 0 Å². The second-order valence-corrected chi connectivity index (χ2v) is 5.74. The summed E-state index contributed by atoms with van der Waals surface area (Å²) >= 11 is 0. The molecule has 5 nitrogen and oxygen atoms in total. The van der Waals surface area contributed by atoms with Crippen molar-refractivity contribution in [2.75, 3.05) is 26.2 Å². The van der Waals surface area contributed by atoms with Crippen LogP contribution in [0.5, 0.6) is 5.75 Å². The molecule has 2 rings (SSSR count). The van der Waals surface area contributed by atoms with E-state index in [-0.39, 0.29) is 17.9 Å². The van der Waals surface area contributed by atoms with Gasteiger partial charge in [0.15, 0.2) is 0 Å². The van der Waals surface area contributed by atoms with Crippen molar-refractivity contribution in [1.82, 2.24) is 10.2 Å². The Bertz CT molecular complexity index is 502. The number of carbonyl (C=O) groups excluding carboxylic acids is 1. The van der Waals surface area contributed by atoms with Crippen molar-refractivity contribution in [2.45, 2.75) is 31.8 Å². The van der Waals surface area contributed by atoms with E-state index in [1.54, 1.807) is 0 Å². The monoisotopic (exact) mass is 310 g/mol. The molecule has 22 heavy (non-hydrogen) atoms. The topological polar surface area (TPSA) is 72.8 Å². The maximum absolute atomic E-state index is 13.5. The molecule has 1 heterocycles. The zero-order valence-corrected chi connectivity index (χ0v) is 12.6. The van der Waals surface area contributed by atoms with Gasteiger partial charge in [0.05, 0.1) is 11.7 Å². The number of benzene rings is 1. The van der Waals surface area contributed by atoms with Crippen molar-refractivity contribution >= 4 is 5.91 Å². The van der Waals surface area contributed by atoms with E-state index in [1.165, 1.54) is 18.9 Å². The summed E-state index contributed by atoms with van der Waals surface area (Å²) in [4.78, 5) is 14.1. The van der Waals surface area contributed by atoms with E-state index in [2.05, 4.69) is 10.2 Å². The number of aliphatic hydroxyl groups is 1. The van der Waals surface area contributed by atoms with Crippen molar-refractivity contribution in [3.8, 4) is 5.75 Å². The molecule has 0 bridgehead atoms. The molecule has 1 unspecified atom stereocenters. The number of hydrogen-bond donors (Lipinski definition) is 3. The highest BCUT2D eigenvalue weighted by atomic mass is 19.1. The number of halogens is 1. The number of nitrogens with zero attached hydrogens (tertiary/aromatic N) is 1. The Kier molecular flexibility index (Phi) is 6.15. The van der Waals surface area contributed by atoms with Crippen LogP contribution in [0.25, 0.3) is 0 Å². The summed E-state index contributed by atoms with van der Waals surface area (Å²) < 4.78 is 13.5. The van der Waals surface area contributed by atoms with Gasteiger partial charge < -0.3 is 20.4 Å². The van der Waals surface area contributed by atoms with Gasteiger partial charge in [0, 0.05) is 13.1 Å². The van der Waals surface area contributed by atoms with E-state index >= 15 is 0 Å². The normalized spacial score (nSPS) is 17.7. The van der Waals surface area contributed by atoms with Gasteiger partial charge in [-0.2, -0.15) is 0 Å². The van der Waals surface area contributed by atoms with Crippen LogP contribution in [-0.4, -0.2) is 53.3 Å². The lowest BCUT2D eigenvalue weighted by atomic mass is 10.2. The van der Waals surface area contributed by atoms with E-state index < -0.39 is 17.8 Å². The summed E-state index contributed by atoms with van der Waals surface area (Å²) in [6.07, 6.45) is 4.02. The molecule has 1 aromatic carbocycles. The number of likely N-dealkylation sites (tertiary alicyclic amines) is 1.